The molecule has 3 nitrogen and oxygen atoms in total. The van der Waals surface area contributed by atoms with E-state index in [0.29, 0.717) is 5.92 Å². The number of aliphatic hydroxyl groups excluding tert-OH is 1. The van der Waals surface area contributed by atoms with Crippen LogP contribution >= 0.6 is 0 Å². The van der Waals surface area contributed by atoms with Crippen LogP contribution < -0.4 is 0 Å². The second-order valence-electron chi connectivity index (χ2n) is 4.72. The molecule has 1 N–H and O–H groups in total. The normalized spacial score (nSPS) is 48.0. The quantitative estimate of drug-likeness (QED) is 0.667. The first kappa shape index (κ1) is 9.44. The molecule has 1 saturated carbocycles. The van der Waals surface area contributed by atoms with Gasteiger partial charge in [0.15, 0.2) is 5.79 Å². The first-order chi connectivity index (χ1) is 6.03. The summed E-state index contributed by atoms with van der Waals surface area (Å²) in [5.41, 5.74) is 0. The molecular formula is C10H18O3. The molecule has 1 heterocycles. The molecule has 0 aromatic rings. The minimum absolute atomic E-state index is 0.106. The van der Waals surface area contributed by atoms with Crippen LogP contribution in [-0.4, -0.2) is 29.7 Å². The summed E-state index contributed by atoms with van der Waals surface area (Å²) in [5, 5.41) is 9.17. The van der Waals surface area contributed by atoms with Crippen molar-refractivity contribution in [2.75, 3.05) is 6.61 Å². The average Bonchev–Trinajstić information content (AvgIpc) is 2.47. The monoisotopic (exact) mass is 186 g/mol. The van der Waals surface area contributed by atoms with E-state index in [1.54, 1.807) is 0 Å². The Morgan fingerprint density at radius 1 is 1.31 bits per heavy atom. The molecule has 0 aromatic heterocycles. The van der Waals surface area contributed by atoms with Gasteiger partial charge in [-0.1, -0.05) is 6.92 Å². The maximum absolute atomic E-state index is 9.17. The highest BCUT2D eigenvalue weighted by molar-refractivity contribution is 4.96. The summed E-state index contributed by atoms with van der Waals surface area (Å²) < 4.78 is 11.5. The van der Waals surface area contributed by atoms with Crippen LogP contribution in [0.4, 0.5) is 0 Å². The highest BCUT2D eigenvalue weighted by Gasteiger charge is 2.51. The predicted molar refractivity (Wildman–Crippen MR) is 48.2 cm³/mol. The van der Waals surface area contributed by atoms with Gasteiger partial charge in [0.05, 0.1) is 12.2 Å². The van der Waals surface area contributed by atoms with Gasteiger partial charge in [-0.05, 0) is 26.2 Å². The van der Waals surface area contributed by atoms with Gasteiger partial charge in [0.25, 0.3) is 0 Å². The van der Waals surface area contributed by atoms with Gasteiger partial charge in [0, 0.05) is 12.5 Å². The fourth-order valence-electron chi connectivity index (χ4n) is 2.55. The van der Waals surface area contributed by atoms with E-state index < -0.39 is 5.79 Å². The Morgan fingerprint density at radius 2 is 1.92 bits per heavy atom. The fraction of sp³-hybridized carbons (Fsp3) is 1.00. The zero-order valence-electron chi connectivity index (χ0n) is 8.49. The predicted octanol–water partition coefficient (Wildman–Crippen LogP) is 1.15. The Bertz CT molecular complexity index is 202. The van der Waals surface area contributed by atoms with E-state index in [9.17, 15) is 0 Å². The molecule has 0 amide bonds. The summed E-state index contributed by atoms with van der Waals surface area (Å²) in [6.45, 7) is 6.25. The molecule has 0 aromatic carbocycles. The van der Waals surface area contributed by atoms with Crippen molar-refractivity contribution in [1.82, 2.24) is 0 Å². The lowest BCUT2D eigenvalue weighted by molar-refractivity contribution is -0.162. The maximum atomic E-state index is 9.17. The number of fused-ring (bicyclic) bond motifs is 1. The molecular weight excluding hydrogens is 168 g/mol. The first-order valence-corrected chi connectivity index (χ1v) is 5.00. The van der Waals surface area contributed by atoms with Crippen molar-refractivity contribution < 1.29 is 14.6 Å². The Kier molecular flexibility index (Phi) is 2.13. The average molecular weight is 186 g/mol. The van der Waals surface area contributed by atoms with Gasteiger partial charge in [0.1, 0.15) is 0 Å². The van der Waals surface area contributed by atoms with Crippen LogP contribution in [0.25, 0.3) is 0 Å². The van der Waals surface area contributed by atoms with Crippen LogP contribution in [0.5, 0.6) is 0 Å². The van der Waals surface area contributed by atoms with E-state index >= 15 is 0 Å². The Hall–Kier alpha value is -0.120. The lowest BCUT2D eigenvalue weighted by Gasteiger charge is -2.21. The molecule has 13 heavy (non-hydrogen) atoms. The van der Waals surface area contributed by atoms with Crippen LogP contribution in [0, 0.1) is 11.8 Å². The van der Waals surface area contributed by atoms with Crippen molar-refractivity contribution in [3.63, 3.8) is 0 Å². The van der Waals surface area contributed by atoms with Crippen LogP contribution in [-0.2, 0) is 9.47 Å². The molecule has 1 saturated heterocycles. The molecule has 0 spiro atoms. The number of rotatable bonds is 1. The molecule has 2 aliphatic rings. The maximum Gasteiger partial charge on any atom is 0.163 e. The number of aliphatic hydroxyl groups is 1. The lowest BCUT2D eigenvalue weighted by atomic mass is 10.1. The van der Waals surface area contributed by atoms with E-state index in [1.807, 2.05) is 13.8 Å². The molecule has 76 valence electrons. The number of hydrogen-bond acceptors (Lipinski definition) is 3. The van der Waals surface area contributed by atoms with Crippen LogP contribution in [0.15, 0.2) is 0 Å². The lowest BCUT2D eigenvalue weighted by Crippen LogP contribution is -2.26. The highest BCUT2D eigenvalue weighted by atomic mass is 16.8. The minimum Gasteiger partial charge on any atom is -0.396 e. The van der Waals surface area contributed by atoms with Crippen LogP contribution in [0.3, 0.4) is 0 Å². The molecule has 4 atom stereocenters. The summed E-state index contributed by atoms with van der Waals surface area (Å²) in [4.78, 5) is 0. The van der Waals surface area contributed by atoms with Gasteiger partial charge in [-0.2, -0.15) is 0 Å². The first-order valence-electron chi connectivity index (χ1n) is 5.00. The Morgan fingerprint density at radius 3 is 2.54 bits per heavy atom. The topological polar surface area (TPSA) is 38.7 Å². The van der Waals surface area contributed by atoms with Crippen molar-refractivity contribution in [3.8, 4) is 0 Å². The molecule has 0 bridgehead atoms. The summed E-state index contributed by atoms with van der Waals surface area (Å²) >= 11 is 0. The Balaban J connectivity index is 2.12. The summed E-state index contributed by atoms with van der Waals surface area (Å²) in [5.74, 6) is 0.308. The van der Waals surface area contributed by atoms with Gasteiger partial charge < -0.3 is 14.6 Å². The zero-order valence-corrected chi connectivity index (χ0v) is 8.49. The molecule has 0 radical (unpaired) electrons. The molecule has 1 unspecified atom stereocenters. The van der Waals surface area contributed by atoms with Crippen molar-refractivity contribution in [1.29, 1.82) is 0 Å². The Labute approximate surface area is 79.0 Å². The molecule has 1 aliphatic heterocycles. The molecule has 2 rings (SSSR count). The second kappa shape index (κ2) is 2.94. The van der Waals surface area contributed by atoms with Crippen molar-refractivity contribution in [2.24, 2.45) is 11.8 Å². The summed E-state index contributed by atoms with van der Waals surface area (Å²) in [7, 11) is 0. The number of ether oxygens (including phenoxy) is 2. The molecule has 1 aliphatic carbocycles. The van der Waals surface area contributed by atoms with Gasteiger partial charge in [0.2, 0.25) is 0 Å². The third-order valence-corrected chi connectivity index (χ3v) is 3.10. The summed E-state index contributed by atoms with van der Waals surface area (Å²) in [6.07, 6.45) is 1.31. The van der Waals surface area contributed by atoms with Crippen molar-refractivity contribution >= 4 is 0 Å². The van der Waals surface area contributed by atoms with Gasteiger partial charge >= 0.3 is 0 Å². The SMILES string of the molecule is C[C@@H]1C[C@H](CO)[C@H]2OC(C)(C)OC12. The smallest absolute Gasteiger partial charge is 0.163 e. The van der Waals surface area contributed by atoms with E-state index in [-0.39, 0.29) is 24.7 Å². The largest absolute Gasteiger partial charge is 0.396 e. The standard InChI is InChI=1S/C10H18O3/c1-6-4-7(5-11)9-8(6)12-10(2,3)13-9/h6-9,11H,4-5H2,1-3H3/t6-,7-,8?,9-/m1/s1. The van der Waals surface area contributed by atoms with E-state index in [0.717, 1.165) is 6.42 Å². The van der Waals surface area contributed by atoms with Crippen LogP contribution in [0.2, 0.25) is 0 Å². The van der Waals surface area contributed by atoms with Crippen LogP contribution in [0.1, 0.15) is 27.2 Å². The van der Waals surface area contributed by atoms with E-state index in [2.05, 4.69) is 6.92 Å². The third kappa shape index (κ3) is 1.49. The molecule has 2 fully saturated rings. The second-order valence-corrected chi connectivity index (χ2v) is 4.72. The van der Waals surface area contributed by atoms with E-state index in [4.69, 9.17) is 14.6 Å². The highest BCUT2D eigenvalue weighted by Crippen LogP contribution is 2.44. The molecule has 3 heteroatoms. The van der Waals surface area contributed by atoms with Gasteiger partial charge in [-0.25, -0.2) is 0 Å². The van der Waals surface area contributed by atoms with E-state index in [1.165, 1.54) is 0 Å². The fourth-order valence-corrected chi connectivity index (χ4v) is 2.55. The number of hydrogen-bond donors (Lipinski definition) is 1. The van der Waals surface area contributed by atoms with Gasteiger partial charge in [-0.3, -0.25) is 0 Å². The third-order valence-electron chi connectivity index (χ3n) is 3.10. The summed E-state index contributed by atoms with van der Waals surface area (Å²) in [6, 6.07) is 0. The van der Waals surface area contributed by atoms with Crippen molar-refractivity contribution in [2.45, 2.75) is 45.2 Å². The minimum atomic E-state index is -0.461. The van der Waals surface area contributed by atoms with Crippen molar-refractivity contribution in [3.05, 3.63) is 0 Å². The van der Waals surface area contributed by atoms with Gasteiger partial charge in [-0.15, -0.1) is 0 Å². The zero-order chi connectivity index (χ0) is 9.64.